The van der Waals surface area contributed by atoms with Crippen molar-refractivity contribution in [1.82, 2.24) is 4.31 Å². The molecule has 1 aromatic carbocycles. The average molecular weight is 256 g/mol. The van der Waals surface area contributed by atoms with Crippen LogP contribution in [0.4, 0.5) is 5.69 Å². The van der Waals surface area contributed by atoms with Crippen LogP contribution in [-0.2, 0) is 10.0 Å². The van der Waals surface area contributed by atoms with Crippen LogP contribution in [0.25, 0.3) is 0 Å². The van der Waals surface area contributed by atoms with E-state index in [9.17, 15) is 13.5 Å². The van der Waals surface area contributed by atoms with E-state index in [2.05, 4.69) is 0 Å². The molecule has 5 nitrogen and oxygen atoms in total. The van der Waals surface area contributed by atoms with Crippen LogP contribution < -0.4 is 5.73 Å². The molecule has 0 radical (unpaired) electrons. The average Bonchev–Trinajstić information content (AvgIpc) is 2.77. The maximum atomic E-state index is 12.3. The Bertz CT molecular complexity index is 501. The molecule has 0 saturated carbocycles. The third-order valence-corrected chi connectivity index (χ3v) is 4.95. The Morgan fingerprint density at radius 1 is 1.47 bits per heavy atom. The summed E-state index contributed by atoms with van der Waals surface area (Å²) in [6.07, 6.45) is 1.49. The summed E-state index contributed by atoms with van der Waals surface area (Å²) in [6.45, 7) is 0.323. The van der Waals surface area contributed by atoms with Crippen molar-refractivity contribution >= 4 is 15.7 Å². The first-order valence-electron chi connectivity index (χ1n) is 5.54. The van der Waals surface area contributed by atoms with Crippen LogP contribution in [0.1, 0.15) is 12.8 Å². The van der Waals surface area contributed by atoms with E-state index in [-0.39, 0.29) is 17.5 Å². The molecule has 0 amide bonds. The van der Waals surface area contributed by atoms with Crippen LogP contribution in [0.5, 0.6) is 0 Å². The molecule has 6 heteroatoms. The van der Waals surface area contributed by atoms with Crippen LogP contribution in [0.2, 0.25) is 0 Å². The minimum Gasteiger partial charge on any atom is -0.399 e. The van der Waals surface area contributed by atoms with Crippen molar-refractivity contribution in [2.24, 2.45) is 0 Å². The van der Waals surface area contributed by atoms with E-state index >= 15 is 0 Å². The van der Waals surface area contributed by atoms with Gasteiger partial charge in [0.1, 0.15) is 0 Å². The quantitative estimate of drug-likeness (QED) is 0.767. The van der Waals surface area contributed by atoms with Gasteiger partial charge in [0, 0.05) is 18.3 Å². The number of benzene rings is 1. The monoisotopic (exact) mass is 256 g/mol. The summed E-state index contributed by atoms with van der Waals surface area (Å²) in [5.41, 5.74) is 6.01. The molecule has 1 saturated heterocycles. The lowest BCUT2D eigenvalue weighted by Crippen LogP contribution is -2.37. The molecule has 0 spiro atoms. The predicted molar refractivity (Wildman–Crippen MR) is 64.9 cm³/mol. The SMILES string of the molecule is Nc1cccc(S(=O)(=O)N2CCC[C@H]2CO)c1. The smallest absolute Gasteiger partial charge is 0.243 e. The number of aliphatic hydroxyl groups excluding tert-OH is 1. The van der Waals surface area contributed by atoms with Crippen molar-refractivity contribution in [3.8, 4) is 0 Å². The maximum Gasteiger partial charge on any atom is 0.243 e. The van der Waals surface area contributed by atoms with E-state index < -0.39 is 10.0 Å². The van der Waals surface area contributed by atoms with Gasteiger partial charge in [-0.3, -0.25) is 0 Å². The topological polar surface area (TPSA) is 83.6 Å². The zero-order chi connectivity index (χ0) is 12.5. The molecule has 0 aromatic heterocycles. The Labute approximate surface area is 101 Å². The second kappa shape index (κ2) is 4.64. The first kappa shape index (κ1) is 12.3. The van der Waals surface area contributed by atoms with Crippen molar-refractivity contribution in [2.45, 2.75) is 23.8 Å². The Kier molecular flexibility index (Phi) is 3.37. The van der Waals surface area contributed by atoms with Gasteiger partial charge in [-0.25, -0.2) is 8.42 Å². The number of aliphatic hydroxyl groups is 1. The van der Waals surface area contributed by atoms with E-state index in [0.717, 1.165) is 6.42 Å². The van der Waals surface area contributed by atoms with Gasteiger partial charge >= 0.3 is 0 Å². The molecule has 2 rings (SSSR count). The molecule has 1 aliphatic heterocycles. The van der Waals surface area contributed by atoms with Crippen molar-refractivity contribution in [2.75, 3.05) is 18.9 Å². The molecule has 0 unspecified atom stereocenters. The zero-order valence-corrected chi connectivity index (χ0v) is 10.2. The van der Waals surface area contributed by atoms with Crippen molar-refractivity contribution < 1.29 is 13.5 Å². The fourth-order valence-corrected chi connectivity index (χ4v) is 3.86. The van der Waals surface area contributed by atoms with Crippen LogP contribution in [0, 0.1) is 0 Å². The lowest BCUT2D eigenvalue weighted by atomic mass is 10.2. The Morgan fingerprint density at radius 3 is 2.88 bits per heavy atom. The Morgan fingerprint density at radius 2 is 2.24 bits per heavy atom. The predicted octanol–water partition coefficient (Wildman–Crippen LogP) is 0.414. The second-order valence-electron chi connectivity index (χ2n) is 4.17. The largest absolute Gasteiger partial charge is 0.399 e. The van der Waals surface area contributed by atoms with Gasteiger partial charge in [-0.15, -0.1) is 0 Å². The molecule has 17 heavy (non-hydrogen) atoms. The minimum atomic E-state index is -3.53. The number of hydrogen-bond donors (Lipinski definition) is 2. The molecule has 94 valence electrons. The summed E-state index contributed by atoms with van der Waals surface area (Å²) in [5, 5.41) is 9.17. The highest BCUT2D eigenvalue weighted by atomic mass is 32.2. The first-order chi connectivity index (χ1) is 8.05. The molecule has 1 heterocycles. The standard InChI is InChI=1S/C11H16N2O3S/c12-9-3-1-5-11(7-9)17(15,16)13-6-2-4-10(13)8-14/h1,3,5,7,10,14H,2,4,6,8,12H2/t10-/m0/s1. The van der Waals surface area contributed by atoms with E-state index in [0.29, 0.717) is 18.7 Å². The molecule has 1 fully saturated rings. The Balaban J connectivity index is 2.36. The highest BCUT2D eigenvalue weighted by Gasteiger charge is 2.34. The van der Waals surface area contributed by atoms with Gasteiger partial charge in [0.05, 0.1) is 11.5 Å². The second-order valence-corrected chi connectivity index (χ2v) is 6.06. The van der Waals surface area contributed by atoms with E-state index in [4.69, 9.17) is 5.73 Å². The van der Waals surface area contributed by atoms with Gasteiger partial charge in [-0.05, 0) is 31.0 Å². The van der Waals surface area contributed by atoms with E-state index in [1.54, 1.807) is 12.1 Å². The minimum absolute atomic E-state index is 0.137. The van der Waals surface area contributed by atoms with E-state index in [1.165, 1.54) is 16.4 Å². The van der Waals surface area contributed by atoms with E-state index in [1.807, 2.05) is 0 Å². The zero-order valence-electron chi connectivity index (χ0n) is 9.41. The van der Waals surface area contributed by atoms with Crippen molar-refractivity contribution in [3.05, 3.63) is 24.3 Å². The number of nitrogens with zero attached hydrogens (tertiary/aromatic N) is 1. The van der Waals surface area contributed by atoms with Crippen LogP contribution in [0.3, 0.4) is 0 Å². The molecule has 0 aliphatic carbocycles. The Hall–Kier alpha value is -1.11. The van der Waals surface area contributed by atoms with Gasteiger partial charge < -0.3 is 10.8 Å². The summed E-state index contributed by atoms with van der Waals surface area (Å²) in [4.78, 5) is 0.192. The number of sulfonamides is 1. The third kappa shape index (κ3) is 2.29. The molecule has 1 aliphatic rings. The molecule has 1 aromatic rings. The third-order valence-electron chi connectivity index (χ3n) is 3.00. The van der Waals surface area contributed by atoms with Gasteiger partial charge in [-0.1, -0.05) is 6.07 Å². The summed E-state index contributed by atoms with van der Waals surface area (Å²) in [6, 6.07) is 5.93. The normalized spacial score (nSPS) is 21.8. The molecule has 0 bridgehead atoms. The number of rotatable bonds is 3. The number of nitrogen functional groups attached to an aromatic ring is 1. The summed E-state index contributed by atoms with van der Waals surface area (Å²) in [7, 11) is -3.53. The lowest BCUT2D eigenvalue weighted by molar-refractivity contribution is 0.213. The number of nitrogens with two attached hydrogens (primary N) is 1. The van der Waals surface area contributed by atoms with Crippen molar-refractivity contribution in [3.63, 3.8) is 0 Å². The highest BCUT2D eigenvalue weighted by Crippen LogP contribution is 2.26. The van der Waals surface area contributed by atoms with Crippen LogP contribution in [-0.4, -0.2) is 37.0 Å². The fourth-order valence-electron chi connectivity index (χ4n) is 2.12. The molecular formula is C11H16N2O3S. The van der Waals surface area contributed by atoms with Gasteiger partial charge in [0.25, 0.3) is 0 Å². The van der Waals surface area contributed by atoms with Crippen molar-refractivity contribution in [1.29, 1.82) is 0 Å². The number of anilines is 1. The molecule has 1 atom stereocenters. The summed E-state index contributed by atoms with van der Waals surface area (Å²) >= 11 is 0. The maximum absolute atomic E-state index is 12.3. The number of hydrogen-bond acceptors (Lipinski definition) is 4. The lowest BCUT2D eigenvalue weighted by Gasteiger charge is -2.22. The van der Waals surface area contributed by atoms with Gasteiger partial charge in [-0.2, -0.15) is 4.31 Å². The van der Waals surface area contributed by atoms with Gasteiger partial charge in [0.15, 0.2) is 0 Å². The van der Waals surface area contributed by atoms with Gasteiger partial charge in [0.2, 0.25) is 10.0 Å². The summed E-state index contributed by atoms with van der Waals surface area (Å²) in [5.74, 6) is 0. The highest BCUT2D eigenvalue weighted by molar-refractivity contribution is 7.89. The summed E-state index contributed by atoms with van der Waals surface area (Å²) < 4.78 is 26.0. The van der Waals surface area contributed by atoms with Crippen LogP contribution in [0.15, 0.2) is 29.2 Å². The van der Waals surface area contributed by atoms with Crippen LogP contribution >= 0.6 is 0 Å². The first-order valence-corrected chi connectivity index (χ1v) is 6.98. The fraction of sp³-hybridized carbons (Fsp3) is 0.455. The molecule has 3 N–H and O–H groups in total. The molecular weight excluding hydrogens is 240 g/mol.